The molecule has 15 heavy (non-hydrogen) atoms. The number of nitrogen functional groups attached to an aromatic ring is 1. The maximum atomic E-state index is 5.51. The Morgan fingerprint density at radius 1 is 1.20 bits per heavy atom. The Morgan fingerprint density at radius 3 is 2.53 bits per heavy atom. The quantitative estimate of drug-likeness (QED) is 0.794. The highest BCUT2D eigenvalue weighted by atomic mass is 15.1. The first-order valence-corrected chi connectivity index (χ1v) is 5.66. The summed E-state index contributed by atoms with van der Waals surface area (Å²) in [5.41, 5.74) is 6.12. The van der Waals surface area contributed by atoms with E-state index >= 15 is 0 Å². The molecule has 0 bridgehead atoms. The summed E-state index contributed by atoms with van der Waals surface area (Å²) in [6.45, 7) is 0.990. The zero-order valence-electron chi connectivity index (χ0n) is 8.95. The van der Waals surface area contributed by atoms with Gasteiger partial charge in [0.2, 0.25) is 5.95 Å². The van der Waals surface area contributed by atoms with Crippen LogP contribution in [-0.2, 0) is 0 Å². The molecule has 0 spiro atoms. The van der Waals surface area contributed by atoms with E-state index in [1.54, 1.807) is 12.4 Å². The summed E-state index contributed by atoms with van der Waals surface area (Å²) in [7, 11) is 0. The molecule has 0 amide bonds. The summed E-state index contributed by atoms with van der Waals surface area (Å²) in [5.74, 6) is 1.48. The molecule has 0 saturated heterocycles. The maximum absolute atomic E-state index is 5.51. The van der Waals surface area contributed by atoms with Gasteiger partial charge in [-0.2, -0.15) is 0 Å². The molecule has 1 saturated carbocycles. The number of nitrogens with two attached hydrogens (primary N) is 1. The van der Waals surface area contributed by atoms with Crippen LogP contribution in [0.1, 0.15) is 32.1 Å². The molecule has 0 radical (unpaired) electrons. The highest BCUT2D eigenvalue weighted by molar-refractivity contribution is 5.35. The van der Waals surface area contributed by atoms with Crippen LogP contribution in [0.3, 0.4) is 0 Å². The van der Waals surface area contributed by atoms with E-state index in [9.17, 15) is 0 Å². The Bertz CT molecular complexity index is 290. The van der Waals surface area contributed by atoms with E-state index in [2.05, 4.69) is 15.3 Å². The van der Waals surface area contributed by atoms with Gasteiger partial charge >= 0.3 is 0 Å². The fourth-order valence-electron chi connectivity index (χ4n) is 2.06. The van der Waals surface area contributed by atoms with Gasteiger partial charge in [-0.15, -0.1) is 0 Å². The van der Waals surface area contributed by atoms with Crippen molar-refractivity contribution in [3.05, 3.63) is 12.4 Å². The minimum absolute atomic E-state index is 0.609. The van der Waals surface area contributed by atoms with Gasteiger partial charge in [-0.25, -0.2) is 9.97 Å². The molecule has 4 heteroatoms. The number of nitrogens with zero attached hydrogens (tertiary/aromatic N) is 2. The van der Waals surface area contributed by atoms with E-state index < -0.39 is 0 Å². The highest BCUT2D eigenvalue weighted by Gasteiger charge is 2.12. The number of anilines is 2. The molecule has 4 nitrogen and oxygen atoms in total. The van der Waals surface area contributed by atoms with E-state index in [4.69, 9.17) is 5.73 Å². The molecule has 0 unspecified atom stereocenters. The number of nitrogens with one attached hydrogen (secondary N) is 1. The first-order chi connectivity index (χ1) is 7.34. The summed E-state index contributed by atoms with van der Waals surface area (Å²) in [5, 5.41) is 3.26. The molecule has 1 aromatic rings. The van der Waals surface area contributed by atoms with Crippen molar-refractivity contribution < 1.29 is 0 Å². The van der Waals surface area contributed by atoms with Crippen molar-refractivity contribution in [1.29, 1.82) is 0 Å². The van der Waals surface area contributed by atoms with Gasteiger partial charge in [-0.05, 0) is 18.8 Å². The molecule has 0 aromatic carbocycles. The van der Waals surface area contributed by atoms with Crippen molar-refractivity contribution in [3.63, 3.8) is 0 Å². The molecule has 82 valence electrons. The fraction of sp³-hybridized carbons (Fsp3) is 0.636. The average molecular weight is 206 g/mol. The zero-order chi connectivity index (χ0) is 10.5. The Balaban J connectivity index is 1.79. The number of rotatable bonds is 3. The van der Waals surface area contributed by atoms with E-state index in [0.717, 1.165) is 12.5 Å². The predicted octanol–water partition coefficient (Wildman–Crippen LogP) is 2.05. The van der Waals surface area contributed by atoms with Crippen LogP contribution in [0.25, 0.3) is 0 Å². The smallest absolute Gasteiger partial charge is 0.222 e. The highest BCUT2D eigenvalue weighted by Crippen LogP contribution is 2.23. The van der Waals surface area contributed by atoms with Crippen LogP contribution >= 0.6 is 0 Å². The van der Waals surface area contributed by atoms with Crippen molar-refractivity contribution in [2.75, 3.05) is 17.6 Å². The second-order valence-corrected chi connectivity index (χ2v) is 4.22. The minimum atomic E-state index is 0.609. The molecule has 3 N–H and O–H groups in total. The molecule has 1 heterocycles. The molecule has 1 aliphatic rings. The van der Waals surface area contributed by atoms with Gasteiger partial charge < -0.3 is 11.1 Å². The molecule has 0 aliphatic heterocycles. The molecule has 1 aromatic heterocycles. The lowest BCUT2D eigenvalue weighted by Gasteiger charge is -2.21. The summed E-state index contributed by atoms with van der Waals surface area (Å²) in [6, 6.07) is 0. The molecular weight excluding hydrogens is 188 g/mol. The molecule has 0 atom stereocenters. The zero-order valence-corrected chi connectivity index (χ0v) is 8.95. The Kier molecular flexibility index (Phi) is 3.37. The van der Waals surface area contributed by atoms with Crippen molar-refractivity contribution in [1.82, 2.24) is 9.97 Å². The monoisotopic (exact) mass is 206 g/mol. The van der Waals surface area contributed by atoms with E-state index in [0.29, 0.717) is 11.6 Å². The van der Waals surface area contributed by atoms with Crippen molar-refractivity contribution in [2.24, 2.45) is 5.92 Å². The first-order valence-electron chi connectivity index (χ1n) is 5.66. The lowest BCUT2D eigenvalue weighted by Crippen LogP contribution is -2.18. The third kappa shape index (κ3) is 3.08. The van der Waals surface area contributed by atoms with E-state index in [1.807, 2.05) is 0 Å². The normalized spacial score (nSPS) is 17.6. The number of aromatic nitrogens is 2. The lowest BCUT2D eigenvalue weighted by molar-refractivity contribution is 0.373. The van der Waals surface area contributed by atoms with Gasteiger partial charge in [0.25, 0.3) is 0 Å². The first kappa shape index (κ1) is 10.2. The third-order valence-corrected chi connectivity index (χ3v) is 2.95. The predicted molar refractivity (Wildman–Crippen MR) is 61.5 cm³/mol. The van der Waals surface area contributed by atoms with Crippen LogP contribution in [0.4, 0.5) is 11.6 Å². The van der Waals surface area contributed by atoms with Crippen molar-refractivity contribution >= 4 is 11.6 Å². The second-order valence-electron chi connectivity index (χ2n) is 4.22. The lowest BCUT2D eigenvalue weighted by atomic mass is 9.89. The Labute approximate surface area is 90.3 Å². The summed E-state index contributed by atoms with van der Waals surface area (Å²) in [6.07, 6.45) is 10.1. The summed E-state index contributed by atoms with van der Waals surface area (Å²) < 4.78 is 0. The number of hydrogen-bond acceptors (Lipinski definition) is 4. The molecule has 1 fully saturated rings. The van der Waals surface area contributed by atoms with Crippen LogP contribution in [-0.4, -0.2) is 16.5 Å². The average Bonchev–Trinajstić information content (AvgIpc) is 2.30. The maximum Gasteiger partial charge on any atom is 0.222 e. The van der Waals surface area contributed by atoms with Gasteiger partial charge in [0.1, 0.15) is 0 Å². The van der Waals surface area contributed by atoms with Gasteiger partial charge in [0, 0.05) is 6.54 Å². The molecular formula is C11H18N4. The largest absolute Gasteiger partial charge is 0.396 e. The summed E-state index contributed by atoms with van der Waals surface area (Å²) in [4.78, 5) is 8.23. The van der Waals surface area contributed by atoms with Gasteiger partial charge in [-0.3, -0.25) is 0 Å². The number of hydrogen-bond donors (Lipinski definition) is 2. The second kappa shape index (κ2) is 4.96. The van der Waals surface area contributed by atoms with Crippen LogP contribution in [0.2, 0.25) is 0 Å². The van der Waals surface area contributed by atoms with Gasteiger partial charge in [-0.1, -0.05) is 19.3 Å². The van der Waals surface area contributed by atoms with Crippen LogP contribution < -0.4 is 11.1 Å². The van der Waals surface area contributed by atoms with Gasteiger partial charge in [0.15, 0.2) is 0 Å². The SMILES string of the molecule is Nc1cnc(NCC2CCCCC2)nc1. The van der Waals surface area contributed by atoms with Crippen LogP contribution in [0.15, 0.2) is 12.4 Å². The Morgan fingerprint density at radius 2 is 1.87 bits per heavy atom. The van der Waals surface area contributed by atoms with Gasteiger partial charge in [0.05, 0.1) is 18.1 Å². The van der Waals surface area contributed by atoms with Crippen LogP contribution in [0, 0.1) is 5.92 Å². The van der Waals surface area contributed by atoms with E-state index in [1.165, 1.54) is 32.1 Å². The molecule has 2 rings (SSSR count). The standard InChI is InChI=1S/C11H18N4/c12-10-7-14-11(15-8-10)13-6-9-4-2-1-3-5-9/h7-9H,1-6,12H2,(H,13,14,15). The molecule has 1 aliphatic carbocycles. The summed E-state index contributed by atoms with van der Waals surface area (Å²) >= 11 is 0. The van der Waals surface area contributed by atoms with Crippen LogP contribution in [0.5, 0.6) is 0 Å². The van der Waals surface area contributed by atoms with E-state index in [-0.39, 0.29) is 0 Å². The van der Waals surface area contributed by atoms with Crippen molar-refractivity contribution in [3.8, 4) is 0 Å². The third-order valence-electron chi connectivity index (χ3n) is 2.95. The minimum Gasteiger partial charge on any atom is -0.396 e. The van der Waals surface area contributed by atoms with Crippen molar-refractivity contribution in [2.45, 2.75) is 32.1 Å². The Hall–Kier alpha value is -1.32. The topological polar surface area (TPSA) is 63.8 Å². The fourth-order valence-corrected chi connectivity index (χ4v) is 2.06.